The monoisotopic (exact) mass is 676 g/mol. The van der Waals surface area contributed by atoms with Gasteiger partial charge >= 0.3 is 0 Å². The van der Waals surface area contributed by atoms with Crippen molar-refractivity contribution in [2.75, 3.05) is 13.7 Å². The fourth-order valence-corrected chi connectivity index (χ4v) is 7.73. The van der Waals surface area contributed by atoms with Crippen LogP contribution in [0.2, 0.25) is 0 Å². The van der Waals surface area contributed by atoms with Crippen LogP contribution in [0.3, 0.4) is 0 Å². The van der Waals surface area contributed by atoms with Gasteiger partial charge in [-0.05, 0) is 37.8 Å². The van der Waals surface area contributed by atoms with E-state index < -0.39 is 84.1 Å². The summed E-state index contributed by atoms with van der Waals surface area (Å²) in [4.78, 5) is 0. The minimum Gasteiger partial charge on any atom is -0.394 e. The smallest absolute Gasteiger partial charge is 0.248 e. The molecule has 3 heterocycles. The maximum atomic E-state index is 13.9. The van der Waals surface area contributed by atoms with Crippen LogP contribution in [0.15, 0.2) is 22.9 Å². The number of halogens is 5. The summed E-state index contributed by atoms with van der Waals surface area (Å²) in [5.41, 5.74) is -0.889. The van der Waals surface area contributed by atoms with Crippen molar-refractivity contribution >= 4 is 11.8 Å². The number of aromatic nitrogens is 4. The third-order valence-electron chi connectivity index (χ3n) is 9.05. The van der Waals surface area contributed by atoms with E-state index in [1.54, 1.807) is 0 Å². The van der Waals surface area contributed by atoms with E-state index in [0.717, 1.165) is 17.7 Å². The molecule has 254 valence electrons. The quantitative estimate of drug-likeness (QED) is 0.190. The molecule has 0 unspecified atom stereocenters. The topological polar surface area (TPSA) is 136 Å². The highest BCUT2D eigenvalue weighted by Crippen LogP contribution is 2.48. The predicted octanol–water partition coefficient (Wildman–Crippen LogP) is 4.91. The van der Waals surface area contributed by atoms with Crippen molar-refractivity contribution in [2.45, 2.75) is 105 Å². The molecule has 1 saturated heterocycles. The SMILES string of the molecule is CCc1c(CS[C@@H]2O[C@H](CO)[C@H](O)[C@H](n3cc(-c4cc(F)c(F)c(F)c4)nn3)[C@H]2OC)noc1[C@H](CC)C1(O)CCC(F)(F)CC1. The second-order valence-corrected chi connectivity index (χ2v) is 12.9. The summed E-state index contributed by atoms with van der Waals surface area (Å²) in [6.45, 7) is 3.22. The molecular formula is C30H37F5N4O6S. The molecule has 1 aromatic carbocycles. The molecule has 2 fully saturated rings. The molecule has 6 atom stereocenters. The highest BCUT2D eigenvalue weighted by atomic mass is 32.2. The molecule has 1 saturated carbocycles. The van der Waals surface area contributed by atoms with Crippen LogP contribution in [0.25, 0.3) is 11.3 Å². The van der Waals surface area contributed by atoms with Crippen LogP contribution in [-0.2, 0) is 21.6 Å². The van der Waals surface area contributed by atoms with Gasteiger partial charge in [-0.1, -0.05) is 24.2 Å². The van der Waals surface area contributed by atoms with Crippen LogP contribution in [0.4, 0.5) is 22.0 Å². The Labute approximate surface area is 266 Å². The van der Waals surface area contributed by atoms with E-state index in [1.165, 1.54) is 29.8 Å². The molecular weight excluding hydrogens is 639 g/mol. The van der Waals surface area contributed by atoms with E-state index >= 15 is 0 Å². The van der Waals surface area contributed by atoms with E-state index in [2.05, 4.69) is 15.5 Å². The van der Waals surface area contributed by atoms with E-state index in [1.807, 2.05) is 13.8 Å². The van der Waals surface area contributed by atoms with Gasteiger partial charge in [-0.2, -0.15) is 0 Å². The maximum absolute atomic E-state index is 13.9. The van der Waals surface area contributed by atoms with Gasteiger partial charge in [-0.15, -0.1) is 16.9 Å². The Hall–Kier alpha value is -2.63. The van der Waals surface area contributed by atoms with Gasteiger partial charge in [0.25, 0.3) is 0 Å². The molecule has 0 bridgehead atoms. The highest BCUT2D eigenvalue weighted by Gasteiger charge is 2.49. The predicted molar refractivity (Wildman–Crippen MR) is 155 cm³/mol. The van der Waals surface area contributed by atoms with Crippen LogP contribution in [-0.4, -0.2) is 84.5 Å². The Balaban J connectivity index is 1.37. The van der Waals surface area contributed by atoms with Gasteiger partial charge in [0.15, 0.2) is 17.5 Å². The first-order valence-corrected chi connectivity index (χ1v) is 16.1. The fraction of sp³-hybridized carbons (Fsp3) is 0.633. The summed E-state index contributed by atoms with van der Waals surface area (Å²) in [6.07, 6.45) is -1.90. The Morgan fingerprint density at radius 2 is 1.80 bits per heavy atom. The number of methoxy groups -OCH3 is 1. The normalized spacial score (nSPS) is 26.7. The van der Waals surface area contributed by atoms with Crippen molar-refractivity contribution in [3.05, 3.63) is 52.8 Å². The zero-order chi connectivity index (χ0) is 33.4. The zero-order valence-corrected chi connectivity index (χ0v) is 26.3. The fourth-order valence-electron chi connectivity index (χ4n) is 6.50. The summed E-state index contributed by atoms with van der Waals surface area (Å²) in [5.74, 6) is -7.04. The number of benzene rings is 1. The number of hydrogen-bond donors (Lipinski definition) is 3. The summed E-state index contributed by atoms with van der Waals surface area (Å²) < 4.78 is 87.8. The lowest BCUT2D eigenvalue weighted by Crippen LogP contribution is -2.55. The summed E-state index contributed by atoms with van der Waals surface area (Å²) in [6, 6.07) is 0.587. The number of ether oxygens (including phenoxy) is 2. The number of aliphatic hydroxyl groups is 3. The zero-order valence-electron chi connectivity index (χ0n) is 25.5. The van der Waals surface area contributed by atoms with Crippen LogP contribution in [0.1, 0.15) is 74.9 Å². The molecule has 5 rings (SSSR count). The third-order valence-corrected chi connectivity index (χ3v) is 10.2. The number of rotatable bonds is 11. The molecule has 0 amide bonds. The Morgan fingerprint density at radius 1 is 1.13 bits per heavy atom. The number of thioether (sulfide) groups is 1. The molecule has 1 aliphatic heterocycles. The van der Waals surface area contributed by atoms with Gasteiger partial charge in [-0.3, -0.25) is 0 Å². The summed E-state index contributed by atoms with van der Waals surface area (Å²) in [5, 5.41) is 44.8. The number of aliphatic hydroxyl groups excluding tert-OH is 2. The van der Waals surface area contributed by atoms with Crippen LogP contribution >= 0.6 is 11.8 Å². The highest BCUT2D eigenvalue weighted by molar-refractivity contribution is 7.99. The van der Waals surface area contributed by atoms with Crippen molar-refractivity contribution in [1.82, 2.24) is 20.2 Å². The number of hydrogen-bond acceptors (Lipinski definition) is 10. The number of nitrogens with zero attached hydrogens (tertiary/aromatic N) is 4. The van der Waals surface area contributed by atoms with E-state index in [-0.39, 0.29) is 29.9 Å². The first-order chi connectivity index (χ1) is 21.9. The lowest BCUT2D eigenvalue weighted by Gasteiger charge is -2.43. The molecule has 2 aliphatic rings. The molecule has 2 aromatic heterocycles. The minimum atomic E-state index is -2.80. The van der Waals surface area contributed by atoms with E-state index in [9.17, 15) is 37.3 Å². The van der Waals surface area contributed by atoms with Crippen LogP contribution < -0.4 is 0 Å². The van der Waals surface area contributed by atoms with Gasteiger partial charge < -0.3 is 29.3 Å². The second-order valence-electron chi connectivity index (χ2n) is 11.8. The van der Waals surface area contributed by atoms with Crippen LogP contribution in [0.5, 0.6) is 0 Å². The average molecular weight is 677 g/mol. The average Bonchev–Trinajstić information content (AvgIpc) is 3.68. The Bertz CT molecular complexity index is 1470. The van der Waals surface area contributed by atoms with E-state index in [4.69, 9.17) is 14.0 Å². The molecule has 1 aliphatic carbocycles. The summed E-state index contributed by atoms with van der Waals surface area (Å²) in [7, 11) is 1.40. The molecule has 0 spiro atoms. The van der Waals surface area contributed by atoms with Gasteiger partial charge in [0.05, 0.1) is 24.1 Å². The van der Waals surface area contributed by atoms with Gasteiger partial charge in [0, 0.05) is 42.7 Å². The van der Waals surface area contributed by atoms with Crippen molar-refractivity contribution in [1.29, 1.82) is 0 Å². The van der Waals surface area contributed by atoms with Crippen LogP contribution in [0, 0.1) is 17.5 Å². The molecule has 10 nitrogen and oxygen atoms in total. The van der Waals surface area contributed by atoms with Crippen molar-refractivity contribution in [3.8, 4) is 11.3 Å². The lowest BCUT2D eigenvalue weighted by atomic mass is 9.71. The Kier molecular flexibility index (Phi) is 10.4. The van der Waals surface area contributed by atoms with Gasteiger partial charge in [0.1, 0.15) is 41.2 Å². The largest absolute Gasteiger partial charge is 0.394 e. The molecule has 3 N–H and O–H groups in total. The van der Waals surface area contributed by atoms with Gasteiger partial charge in [-0.25, -0.2) is 26.6 Å². The standard InChI is InChI=1S/C30H37F5N4O6S/c1-4-16-21(37-45-26(16)17(5-2)29(42)6-8-30(34,35)9-7-29)14-46-28-27(43-3)24(25(41)22(13-40)44-28)39-12-20(36-38-39)15-10-18(31)23(33)19(32)11-15/h10-12,17,22,24-25,27-28,40-42H,4-9,13-14H2,1-3H3/t17-,22+,24-,25-,27+,28-/m0/s1. The Morgan fingerprint density at radius 3 is 2.39 bits per heavy atom. The second kappa shape index (κ2) is 13.8. The molecule has 0 radical (unpaired) electrons. The molecule has 3 aromatic rings. The minimum absolute atomic E-state index is 0.00706. The maximum Gasteiger partial charge on any atom is 0.248 e. The van der Waals surface area contributed by atoms with E-state index in [0.29, 0.717) is 24.3 Å². The van der Waals surface area contributed by atoms with Crippen molar-refractivity contribution in [2.24, 2.45) is 0 Å². The van der Waals surface area contributed by atoms with Crippen molar-refractivity contribution < 1.29 is 51.3 Å². The number of alkyl halides is 2. The third kappa shape index (κ3) is 6.69. The first-order valence-electron chi connectivity index (χ1n) is 15.1. The summed E-state index contributed by atoms with van der Waals surface area (Å²) >= 11 is 1.25. The molecule has 46 heavy (non-hydrogen) atoms. The van der Waals surface area contributed by atoms with Gasteiger partial charge in [0.2, 0.25) is 5.92 Å². The first kappa shape index (κ1) is 34.7. The lowest BCUT2D eigenvalue weighted by molar-refractivity contribution is -0.186. The van der Waals surface area contributed by atoms with Crippen molar-refractivity contribution in [3.63, 3.8) is 0 Å². The molecule has 16 heteroatoms.